The van der Waals surface area contributed by atoms with Crippen LogP contribution in [0.1, 0.15) is 0 Å². The molecule has 0 radical (unpaired) electrons. The normalized spacial score (nSPS) is 11.7. The third-order valence-electron chi connectivity index (χ3n) is 9.49. The molecule has 49 heavy (non-hydrogen) atoms. The molecule has 4 nitrogen and oxygen atoms in total. The predicted octanol–water partition coefficient (Wildman–Crippen LogP) is 11.9. The first-order valence-electron chi connectivity index (χ1n) is 16.4. The number of furan rings is 1. The molecule has 4 heteroatoms. The van der Waals surface area contributed by atoms with Crippen LogP contribution in [0, 0.1) is 0 Å². The summed E-state index contributed by atoms with van der Waals surface area (Å²) in [6, 6.07) is 56.9. The van der Waals surface area contributed by atoms with E-state index >= 15 is 0 Å². The molecule has 0 aliphatic carbocycles. The Kier molecular flexibility index (Phi) is 6.15. The maximum Gasteiger partial charge on any atom is 0.164 e. The fourth-order valence-electron chi connectivity index (χ4n) is 7.14. The minimum atomic E-state index is 0.616. The molecule has 0 atom stereocenters. The Balaban J connectivity index is 1.19. The zero-order valence-electron chi connectivity index (χ0n) is 26.3. The zero-order chi connectivity index (χ0) is 32.3. The van der Waals surface area contributed by atoms with Crippen LogP contribution in [0.2, 0.25) is 0 Å². The molecule has 228 valence electrons. The maximum absolute atomic E-state index is 6.60. The lowest BCUT2D eigenvalue weighted by atomic mass is 9.92. The van der Waals surface area contributed by atoms with E-state index in [2.05, 4.69) is 121 Å². The van der Waals surface area contributed by atoms with Crippen LogP contribution < -0.4 is 0 Å². The minimum Gasteiger partial charge on any atom is -0.456 e. The van der Waals surface area contributed by atoms with Crippen LogP contribution in [-0.2, 0) is 0 Å². The summed E-state index contributed by atoms with van der Waals surface area (Å²) < 4.78 is 6.60. The molecule has 8 aromatic carbocycles. The van der Waals surface area contributed by atoms with Crippen molar-refractivity contribution in [3.8, 4) is 45.3 Å². The second kappa shape index (κ2) is 11.0. The van der Waals surface area contributed by atoms with Gasteiger partial charge >= 0.3 is 0 Å². The first-order chi connectivity index (χ1) is 24.3. The molecule has 0 amide bonds. The Morgan fingerprint density at radius 3 is 1.76 bits per heavy atom. The van der Waals surface area contributed by atoms with Crippen LogP contribution in [0.25, 0.3) is 99.5 Å². The SMILES string of the molecule is c1ccc(-c2nc(-c3ccc4ccccc4c3)nc(-c3ccc4oc5cc(-c6cccc7ccccc67)c6ccccc6c5c4c3)n2)cc1. The number of rotatable bonds is 4. The molecule has 0 aliphatic rings. The minimum absolute atomic E-state index is 0.616. The van der Waals surface area contributed by atoms with Crippen molar-refractivity contribution >= 4 is 54.3 Å². The Hall–Kier alpha value is -6.65. The second-order valence-electron chi connectivity index (χ2n) is 12.4. The number of aromatic nitrogens is 3. The van der Waals surface area contributed by atoms with Crippen molar-refractivity contribution < 1.29 is 4.42 Å². The van der Waals surface area contributed by atoms with Gasteiger partial charge in [-0.05, 0) is 73.8 Å². The van der Waals surface area contributed by atoms with Gasteiger partial charge in [0, 0.05) is 27.5 Å². The van der Waals surface area contributed by atoms with Crippen molar-refractivity contribution in [1.29, 1.82) is 0 Å². The Morgan fingerprint density at radius 2 is 0.939 bits per heavy atom. The molecule has 0 saturated carbocycles. The smallest absolute Gasteiger partial charge is 0.164 e. The van der Waals surface area contributed by atoms with Gasteiger partial charge in [0.25, 0.3) is 0 Å². The Bertz CT molecular complexity index is 2890. The van der Waals surface area contributed by atoms with E-state index in [0.29, 0.717) is 17.5 Å². The largest absolute Gasteiger partial charge is 0.456 e. The highest BCUT2D eigenvalue weighted by Crippen LogP contribution is 2.42. The van der Waals surface area contributed by atoms with Crippen LogP contribution in [0.4, 0.5) is 0 Å². The van der Waals surface area contributed by atoms with E-state index in [1.165, 1.54) is 27.1 Å². The van der Waals surface area contributed by atoms with Crippen LogP contribution in [-0.4, -0.2) is 15.0 Å². The fourth-order valence-corrected chi connectivity index (χ4v) is 7.14. The van der Waals surface area contributed by atoms with Crippen molar-refractivity contribution in [3.63, 3.8) is 0 Å². The number of hydrogen-bond donors (Lipinski definition) is 0. The molecule has 0 fully saturated rings. The van der Waals surface area contributed by atoms with Crippen molar-refractivity contribution in [2.45, 2.75) is 0 Å². The predicted molar refractivity (Wildman–Crippen MR) is 201 cm³/mol. The number of hydrogen-bond acceptors (Lipinski definition) is 4. The van der Waals surface area contributed by atoms with Crippen molar-refractivity contribution in [2.75, 3.05) is 0 Å². The molecule has 2 heterocycles. The van der Waals surface area contributed by atoms with Crippen LogP contribution >= 0.6 is 0 Å². The highest BCUT2D eigenvalue weighted by molar-refractivity contribution is 6.23. The van der Waals surface area contributed by atoms with Crippen LogP contribution in [0.5, 0.6) is 0 Å². The average Bonchev–Trinajstić information content (AvgIpc) is 3.55. The lowest BCUT2D eigenvalue weighted by molar-refractivity contribution is 0.669. The maximum atomic E-state index is 6.60. The van der Waals surface area contributed by atoms with Crippen molar-refractivity contribution in [3.05, 3.63) is 164 Å². The standard InChI is InChI=1S/C45H27N3O/c1-2-13-30(14-3-1)43-46-44(32-22-21-28-11-4-5-15-31(28)25-32)48-45(47-43)33-23-24-40-39(26-33)42-37-19-9-8-18-36(37)38(27-41(42)49-40)35-20-10-16-29-12-6-7-17-34(29)35/h1-27H. The van der Waals surface area contributed by atoms with Gasteiger partial charge in [0.2, 0.25) is 0 Å². The molecule has 0 aliphatic heterocycles. The van der Waals surface area contributed by atoms with Crippen LogP contribution in [0.15, 0.2) is 168 Å². The molecule has 10 aromatic rings. The lowest BCUT2D eigenvalue weighted by Gasteiger charge is -2.11. The van der Waals surface area contributed by atoms with Crippen molar-refractivity contribution in [2.24, 2.45) is 0 Å². The van der Waals surface area contributed by atoms with Crippen LogP contribution in [0.3, 0.4) is 0 Å². The van der Waals surface area contributed by atoms with Gasteiger partial charge in [-0.3, -0.25) is 0 Å². The van der Waals surface area contributed by atoms with Gasteiger partial charge in [0.1, 0.15) is 11.2 Å². The molecule has 2 aromatic heterocycles. The lowest BCUT2D eigenvalue weighted by Crippen LogP contribution is -2.00. The second-order valence-corrected chi connectivity index (χ2v) is 12.4. The molecule has 0 saturated heterocycles. The zero-order valence-corrected chi connectivity index (χ0v) is 26.3. The summed E-state index contributed by atoms with van der Waals surface area (Å²) in [7, 11) is 0. The monoisotopic (exact) mass is 625 g/mol. The summed E-state index contributed by atoms with van der Waals surface area (Å²) in [4.78, 5) is 15.1. The summed E-state index contributed by atoms with van der Waals surface area (Å²) in [6.45, 7) is 0. The van der Waals surface area contributed by atoms with E-state index in [9.17, 15) is 0 Å². The topological polar surface area (TPSA) is 51.8 Å². The van der Waals surface area contributed by atoms with E-state index in [0.717, 1.165) is 55.0 Å². The molecular weight excluding hydrogens is 599 g/mol. The Morgan fingerprint density at radius 1 is 0.327 bits per heavy atom. The first-order valence-corrected chi connectivity index (χ1v) is 16.4. The highest BCUT2D eigenvalue weighted by Gasteiger charge is 2.18. The third-order valence-corrected chi connectivity index (χ3v) is 9.49. The average molecular weight is 626 g/mol. The molecule has 10 rings (SSSR count). The quantitative estimate of drug-likeness (QED) is 0.195. The molecule has 0 spiro atoms. The van der Waals surface area contributed by atoms with E-state index in [4.69, 9.17) is 19.4 Å². The van der Waals surface area contributed by atoms with Gasteiger partial charge < -0.3 is 4.42 Å². The fraction of sp³-hybridized carbons (Fsp3) is 0. The van der Waals surface area contributed by atoms with E-state index < -0.39 is 0 Å². The van der Waals surface area contributed by atoms with Gasteiger partial charge in [-0.2, -0.15) is 0 Å². The van der Waals surface area contributed by atoms with E-state index in [-0.39, 0.29) is 0 Å². The molecule has 0 N–H and O–H groups in total. The van der Waals surface area contributed by atoms with Gasteiger partial charge in [0.15, 0.2) is 17.5 Å². The summed E-state index contributed by atoms with van der Waals surface area (Å²) in [5.41, 5.74) is 6.81. The molecular formula is C45H27N3O. The molecule has 0 unspecified atom stereocenters. The van der Waals surface area contributed by atoms with Gasteiger partial charge in [0.05, 0.1) is 0 Å². The van der Waals surface area contributed by atoms with Gasteiger partial charge in [-0.1, -0.05) is 133 Å². The number of fused-ring (bicyclic) bond motifs is 7. The van der Waals surface area contributed by atoms with E-state index in [1.54, 1.807) is 0 Å². The van der Waals surface area contributed by atoms with Gasteiger partial charge in [-0.15, -0.1) is 0 Å². The number of nitrogens with zero attached hydrogens (tertiary/aromatic N) is 3. The van der Waals surface area contributed by atoms with Gasteiger partial charge in [-0.25, -0.2) is 15.0 Å². The number of benzene rings is 8. The van der Waals surface area contributed by atoms with Crippen molar-refractivity contribution in [1.82, 2.24) is 15.0 Å². The van der Waals surface area contributed by atoms with E-state index in [1.807, 2.05) is 42.5 Å². The molecule has 0 bridgehead atoms. The summed E-state index contributed by atoms with van der Waals surface area (Å²) in [5, 5.41) is 9.21. The summed E-state index contributed by atoms with van der Waals surface area (Å²) in [5.74, 6) is 1.89. The first kappa shape index (κ1) is 27.5. The summed E-state index contributed by atoms with van der Waals surface area (Å²) in [6.07, 6.45) is 0. The Labute approximate surface area is 282 Å². The summed E-state index contributed by atoms with van der Waals surface area (Å²) >= 11 is 0. The third kappa shape index (κ3) is 4.57. The highest BCUT2D eigenvalue weighted by atomic mass is 16.3.